The summed E-state index contributed by atoms with van der Waals surface area (Å²) in [5, 5.41) is 9.52. The predicted molar refractivity (Wildman–Crippen MR) is 96.6 cm³/mol. The van der Waals surface area contributed by atoms with Gasteiger partial charge in [0.1, 0.15) is 11.3 Å². The Hall–Kier alpha value is -2.55. The summed E-state index contributed by atoms with van der Waals surface area (Å²) in [6.07, 6.45) is 4.25. The van der Waals surface area contributed by atoms with Gasteiger partial charge in [0.2, 0.25) is 0 Å². The Kier molecular flexibility index (Phi) is 6.62. The van der Waals surface area contributed by atoms with Crippen LogP contribution in [0.5, 0.6) is 5.75 Å². The number of carbonyl (C=O) groups is 2. The highest BCUT2D eigenvalue weighted by atomic mass is 16.6. The van der Waals surface area contributed by atoms with Crippen LogP contribution in [0.25, 0.3) is 0 Å². The lowest BCUT2D eigenvalue weighted by molar-refractivity contribution is -0.155. The lowest BCUT2D eigenvalue weighted by Gasteiger charge is -2.38. The van der Waals surface area contributed by atoms with E-state index in [2.05, 4.69) is 6.07 Å². The molecule has 0 unspecified atom stereocenters. The SMILES string of the molecule is Cc1ccc(OCC(=O)OCC(=O)N(C)C2(C#N)CCCCC2)c(C)c1. The van der Waals surface area contributed by atoms with Gasteiger partial charge in [0.25, 0.3) is 5.91 Å². The van der Waals surface area contributed by atoms with Crippen LogP contribution in [0.1, 0.15) is 43.2 Å². The van der Waals surface area contributed by atoms with Gasteiger partial charge in [-0.15, -0.1) is 0 Å². The third kappa shape index (κ3) is 4.75. The first-order valence-electron chi connectivity index (χ1n) is 8.91. The number of likely N-dealkylation sites (N-methyl/N-ethyl adjacent to an activating group) is 1. The van der Waals surface area contributed by atoms with Gasteiger partial charge in [-0.05, 0) is 38.3 Å². The average molecular weight is 358 g/mol. The van der Waals surface area contributed by atoms with E-state index in [1.54, 1.807) is 13.1 Å². The molecular formula is C20H26N2O4. The third-order valence-corrected chi connectivity index (χ3v) is 4.94. The van der Waals surface area contributed by atoms with Crippen molar-refractivity contribution in [3.05, 3.63) is 29.3 Å². The van der Waals surface area contributed by atoms with Crippen molar-refractivity contribution < 1.29 is 19.1 Å². The van der Waals surface area contributed by atoms with Crippen LogP contribution in [0, 0.1) is 25.2 Å². The van der Waals surface area contributed by atoms with E-state index in [0.717, 1.165) is 30.4 Å². The van der Waals surface area contributed by atoms with Gasteiger partial charge in [0.05, 0.1) is 6.07 Å². The predicted octanol–water partition coefficient (Wildman–Crippen LogP) is 2.91. The van der Waals surface area contributed by atoms with E-state index in [-0.39, 0.29) is 19.1 Å². The van der Waals surface area contributed by atoms with Gasteiger partial charge >= 0.3 is 5.97 Å². The number of nitrogens with zero attached hydrogens (tertiary/aromatic N) is 2. The molecule has 0 bridgehead atoms. The second-order valence-corrected chi connectivity index (χ2v) is 6.88. The molecule has 1 aliphatic rings. The Balaban J connectivity index is 1.82. The van der Waals surface area contributed by atoms with Crippen molar-refractivity contribution in [2.75, 3.05) is 20.3 Å². The van der Waals surface area contributed by atoms with Gasteiger partial charge in [-0.2, -0.15) is 5.26 Å². The Morgan fingerprint density at radius 3 is 2.50 bits per heavy atom. The number of nitriles is 1. The van der Waals surface area contributed by atoms with Gasteiger partial charge in [0.15, 0.2) is 13.2 Å². The molecule has 0 saturated heterocycles. The molecule has 1 saturated carbocycles. The van der Waals surface area contributed by atoms with Crippen molar-refractivity contribution in [3.8, 4) is 11.8 Å². The van der Waals surface area contributed by atoms with Gasteiger partial charge in [-0.3, -0.25) is 4.79 Å². The summed E-state index contributed by atoms with van der Waals surface area (Å²) < 4.78 is 10.5. The van der Waals surface area contributed by atoms with Crippen molar-refractivity contribution in [1.29, 1.82) is 5.26 Å². The number of hydrogen-bond donors (Lipinski definition) is 0. The number of benzene rings is 1. The fourth-order valence-electron chi connectivity index (χ4n) is 3.28. The highest BCUT2D eigenvalue weighted by Gasteiger charge is 2.38. The second kappa shape index (κ2) is 8.70. The highest BCUT2D eigenvalue weighted by molar-refractivity contribution is 5.81. The zero-order chi connectivity index (χ0) is 19.2. The van der Waals surface area contributed by atoms with Crippen molar-refractivity contribution in [2.45, 2.75) is 51.5 Å². The van der Waals surface area contributed by atoms with Gasteiger partial charge in [-0.1, -0.05) is 37.0 Å². The van der Waals surface area contributed by atoms with Crippen LogP contribution in [0.2, 0.25) is 0 Å². The van der Waals surface area contributed by atoms with Gasteiger partial charge in [-0.25, -0.2) is 4.79 Å². The van der Waals surface area contributed by atoms with Crippen molar-refractivity contribution >= 4 is 11.9 Å². The maximum Gasteiger partial charge on any atom is 0.344 e. The molecule has 0 heterocycles. The van der Waals surface area contributed by atoms with E-state index < -0.39 is 11.5 Å². The van der Waals surface area contributed by atoms with Crippen LogP contribution in [0.3, 0.4) is 0 Å². The molecule has 0 radical (unpaired) electrons. The fourth-order valence-corrected chi connectivity index (χ4v) is 3.28. The van der Waals surface area contributed by atoms with E-state index in [1.807, 2.05) is 26.0 Å². The molecule has 1 fully saturated rings. The minimum absolute atomic E-state index is 0.260. The molecule has 26 heavy (non-hydrogen) atoms. The lowest BCUT2D eigenvalue weighted by atomic mass is 9.81. The molecule has 6 heteroatoms. The first-order chi connectivity index (χ1) is 12.4. The van der Waals surface area contributed by atoms with Crippen molar-refractivity contribution in [2.24, 2.45) is 0 Å². The van der Waals surface area contributed by atoms with Gasteiger partial charge < -0.3 is 14.4 Å². The number of carbonyl (C=O) groups excluding carboxylic acids is 2. The van der Waals surface area contributed by atoms with E-state index in [0.29, 0.717) is 18.6 Å². The maximum absolute atomic E-state index is 12.3. The molecule has 0 N–H and O–H groups in total. The Labute approximate surface area is 154 Å². The van der Waals surface area contributed by atoms with Crippen LogP contribution in [-0.4, -0.2) is 42.6 Å². The smallest absolute Gasteiger partial charge is 0.344 e. The topological polar surface area (TPSA) is 79.6 Å². The first kappa shape index (κ1) is 19.8. The van der Waals surface area contributed by atoms with Crippen molar-refractivity contribution in [1.82, 2.24) is 4.90 Å². The van der Waals surface area contributed by atoms with Gasteiger partial charge in [0, 0.05) is 7.05 Å². The summed E-state index contributed by atoms with van der Waals surface area (Å²) in [6.45, 7) is 3.24. The standard InChI is InChI=1S/C20H26N2O4/c1-15-7-8-17(16(2)11-15)25-13-19(24)26-12-18(23)22(3)20(14-21)9-5-4-6-10-20/h7-8,11H,4-6,9-10,12-13H2,1-3H3. The highest BCUT2D eigenvalue weighted by Crippen LogP contribution is 2.32. The first-order valence-corrected chi connectivity index (χ1v) is 8.91. The zero-order valence-corrected chi connectivity index (χ0v) is 15.7. The number of aryl methyl sites for hydroxylation is 2. The van der Waals surface area contributed by atoms with Crippen LogP contribution in [-0.2, 0) is 14.3 Å². The summed E-state index contributed by atoms with van der Waals surface area (Å²) in [7, 11) is 1.61. The lowest BCUT2D eigenvalue weighted by Crippen LogP contribution is -2.51. The zero-order valence-electron chi connectivity index (χ0n) is 15.7. The molecule has 1 amide bonds. The quantitative estimate of drug-likeness (QED) is 0.731. The van der Waals surface area contributed by atoms with E-state index >= 15 is 0 Å². The minimum atomic E-state index is -0.781. The summed E-state index contributed by atoms with van der Waals surface area (Å²) in [6, 6.07) is 7.95. The average Bonchev–Trinajstić information content (AvgIpc) is 2.65. The molecule has 1 aromatic rings. The van der Waals surface area contributed by atoms with E-state index in [4.69, 9.17) is 9.47 Å². The number of amides is 1. The largest absolute Gasteiger partial charge is 0.482 e. The van der Waals surface area contributed by atoms with E-state index in [9.17, 15) is 14.9 Å². The fraction of sp³-hybridized carbons (Fsp3) is 0.550. The number of hydrogen-bond acceptors (Lipinski definition) is 5. The Morgan fingerprint density at radius 1 is 1.19 bits per heavy atom. The molecule has 0 aromatic heterocycles. The molecule has 6 nitrogen and oxygen atoms in total. The number of esters is 1. The Morgan fingerprint density at radius 2 is 1.88 bits per heavy atom. The second-order valence-electron chi connectivity index (χ2n) is 6.88. The molecule has 0 spiro atoms. The monoisotopic (exact) mass is 358 g/mol. The number of rotatable bonds is 6. The maximum atomic E-state index is 12.3. The molecule has 0 aliphatic heterocycles. The molecule has 2 rings (SSSR count). The molecular weight excluding hydrogens is 332 g/mol. The minimum Gasteiger partial charge on any atom is -0.482 e. The van der Waals surface area contributed by atoms with Crippen LogP contribution in [0.15, 0.2) is 18.2 Å². The molecule has 0 atom stereocenters. The summed E-state index contributed by atoms with van der Waals surface area (Å²) >= 11 is 0. The molecule has 1 aromatic carbocycles. The van der Waals surface area contributed by atoms with Crippen molar-refractivity contribution in [3.63, 3.8) is 0 Å². The summed E-state index contributed by atoms with van der Waals surface area (Å²) in [5.41, 5.74) is 1.26. The third-order valence-electron chi connectivity index (χ3n) is 4.94. The normalized spacial score (nSPS) is 15.6. The van der Waals surface area contributed by atoms with Crippen LogP contribution >= 0.6 is 0 Å². The van der Waals surface area contributed by atoms with Crippen LogP contribution in [0.4, 0.5) is 0 Å². The molecule has 140 valence electrons. The summed E-state index contributed by atoms with van der Waals surface area (Å²) in [4.78, 5) is 25.6. The van der Waals surface area contributed by atoms with E-state index in [1.165, 1.54) is 4.90 Å². The summed E-state index contributed by atoms with van der Waals surface area (Å²) in [5.74, 6) is -0.365. The number of ether oxygens (including phenoxy) is 2. The molecule has 1 aliphatic carbocycles. The van der Waals surface area contributed by atoms with Crippen LogP contribution < -0.4 is 4.74 Å². The Bertz CT molecular complexity index is 702.